The Morgan fingerprint density at radius 1 is 0.611 bits per heavy atom. The van der Waals surface area contributed by atoms with Crippen molar-refractivity contribution < 1.29 is 14.4 Å². The average molecular weight is 470 g/mol. The van der Waals surface area contributed by atoms with Gasteiger partial charge < -0.3 is 4.79 Å². The highest BCUT2D eigenvalue weighted by Gasteiger charge is 2.72. The standard InChI is InChI=1S/C32H23NO3/c1-31-23-11-5-7-13-25(23)32(19-34,26-14-8-6-12-24(26)31)28-27(31)29(35)33(30(28)36)22-17-15-21(16-18-22)20-9-3-2-4-10-20/h2-19,27-28H,1H3/t27-,28+,31?,32?/m1/s1. The molecule has 174 valence electrons. The van der Waals surface area contributed by atoms with Crippen molar-refractivity contribution in [2.75, 3.05) is 4.90 Å². The zero-order chi connectivity index (χ0) is 24.7. The number of carbonyl (C=O) groups excluding carboxylic acids is 3. The number of hydrogen-bond donors (Lipinski definition) is 0. The van der Waals surface area contributed by atoms with Crippen LogP contribution in [0.25, 0.3) is 11.1 Å². The lowest BCUT2D eigenvalue weighted by Gasteiger charge is -2.56. The van der Waals surface area contributed by atoms with Crippen LogP contribution in [0.2, 0.25) is 0 Å². The van der Waals surface area contributed by atoms with Crippen molar-refractivity contribution >= 4 is 23.8 Å². The van der Waals surface area contributed by atoms with Gasteiger partial charge in [-0.2, -0.15) is 0 Å². The molecule has 1 aliphatic heterocycles. The fraction of sp³-hybridized carbons (Fsp3) is 0.156. The Morgan fingerprint density at radius 2 is 1.08 bits per heavy atom. The highest BCUT2D eigenvalue weighted by molar-refractivity contribution is 6.25. The molecular weight excluding hydrogens is 446 g/mol. The largest absolute Gasteiger partial charge is 0.302 e. The first kappa shape index (κ1) is 21.0. The molecule has 3 aliphatic carbocycles. The maximum Gasteiger partial charge on any atom is 0.239 e. The number of amides is 2. The number of aldehydes is 1. The lowest BCUT2D eigenvalue weighted by molar-refractivity contribution is -0.129. The second-order valence-electron chi connectivity index (χ2n) is 10.2. The van der Waals surface area contributed by atoms with Gasteiger partial charge in [-0.05, 0) is 45.5 Å². The van der Waals surface area contributed by atoms with Crippen LogP contribution < -0.4 is 4.90 Å². The monoisotopic (exact) mass is 469 g/mol. The minimum Gasteiger partial charge on any atom is -0.302 e. The summed E-state index contributed by atoms with van der Waals surface area (Å²) in [5.74, 6) is -1.99. The van der Waals surface area contributed by atoms with E-state index < -0.39 is 22.7 Å². The van der Waals surface area contributed by atoms with Crippen LogP contribution in [0, 0.1) is 11.8 Å². The molecule has 0 unspecified atom stereocenters. The molecule has 2 atom stereocenters. The summed E-state index contributed by atoms with van der Waals surface area (Å²) in [5, 5.41) is 0. The van der Waals surface area contributed by atoms with Gasteiger partial charge in [-0.1, -0.05) is 97.9 Å². The zero-order valence-electron chi connectivity index (χ0n) is 19.7. The minimum absolute atomic E-state index is 0.241. The first-order valence-electron chi connectivity index (χ1n) is 12.2. The van der Waals surface area contributed by atoms with Gasteiger partial charge in [-0.25, -0.2) is 4.90 Å². The van der Waals surface area contributed by atoms with Gasteiger partial charge in [0.15, 0.2) is 0 Å². The zero-order valence-corrected chi connectivity index (χ0v) is 19.7. The SMILES string of the molecule is CC12c3ccccc3C(C=O)(c3ccccc31)[C@@H]1C(=O)N(c3ccc(-c4ccccc4)cc3)C(=O)[C@@H]12. The second kappa shape index (κ2) is 7.11. The van der Waals surface area contributed by atoms with E-state index in [0.29, 0.717) is 5.69 Å². The molecule has 4 nitrogen and oxygen atoms in total. The Balaban J connectivity index is 1.42. The van der Waals surface area contributed by atoms with Crippen molar-refractivity contribution in [1.82, 2.24) is 0 Å². The lowest BCUT2D eigenvalue weighted by atomic mass is 9.42. The first-order chi connectivity index (χ1) is 17.5. The Bertz CT molecular complexity index is 1520. The van der Waals surface area contributed by atoms with Gasteiger partial charge in [0.1, 0.15) is 6.29 Å². The summed E-state index contributed by atoms with van der Waals surface area (Å²) in [6.45, 7) is 2.06. The fourth-order valence-electron chi connectivity index (χ4n) is 7.15. The van der Waals surface area contributed by atoms with Gasteiger partial charge in [0.2, 0.25) is 11.8 Å². The van der Waals surface area contributed by atoms with Crippen molar-refractivity contribution in [1.29, 1.82) is 0 Å². The Kier molecular flexibility index (Phi) is 4.15. The van der Waals surface area contributed by atoms with E-state index in [9.17, 15) is 14.4 Å². The highest BCUT2D eigenvalue weighted by atomic mass is 16.2. The van der Waals surface area contributed by atoms with Gasteiger partial charge in [0.05, 0.1) is 22.9 Å². The quantitative estimate of drug-likeness (QED) is 0.303. The highest BCUT2D eigenvalue weighted by Crippen LogP contribution is 2.66. The number of imide groups is 1. The maximum atomic E-state index is 14.2. The number of benzene rings is 4. The van der Waals surface area contributed by atoms with E-state index in [1.807, 2.05) is 103 Å². The van der Waals surface area contributed by atoms with Crippen molar-refractivity contribution in [3.63, 3.8) is 0 Å². The Morgan fingerprint density at radius 3 is 1.64 bits per heavy atom. The summed E-state index contributed by atoms with van der Waals surface area (Å²) in [5.41, 5.74) is 4.29. The molecule has 4 aliphatic rings. The number of anilines is 1. The summed E-state index contributed by atoms with van der Waals surface area (Å²) in [7, 11) is 0. The minimum atomic E-state index is -1.19. The van der Waals surface area contributed by atoms with E-state index in [-0.39, 0.29) is 11.8 Å². The maximum absolute atomic E-state index is 14.2. The van der Waals surface area contributed by atoms with Crippen LogP contribution in [-0.2, 0) is 25.2 Å². The first-order valence-corrected chi connectivity index (χ1v) is 12.2. The molecule has 1 fully saturated rings. The summed E-state index contributed by atoms with van der Waals surface area (Å²) in [4.78, 5) is 42.8. The topological polar surface area (TPSA) is 54.5 Å². The van der Waals surface area contributed by atoms with Crippen LogP contribution in [0.1, 0.15) is 29.2 Å². The molecule has 4 aromatic carbocycles. The molecule has 0 N–H and O–H groups in total. The van der Waals surface area contributed by atoms with E-state index >= 15 is 0 Å². The summed E-state index contributed by atoms with van der Waals surface area (Å²) >= 11 is 0. The van der Waals surface area contributed by atoms with Gasteiger partial charge in [0.25, 0.3) is 0 Å². The lowest BCUT2D eigenvalue weighted by Crippen LogP contribution is -2.61. The van der Waals surface area contributed by atoms with Gasteiger partial charge in [-0.3, -0.25) is 9.59 Å². The summed E-state index contributed by atoms with van der Waals surface area (Å²) in [6, 6.07) is 33.1. The molecule has 4 aromatic rings. The molecule has 1 saturated heterocycles. The van der Waals surface area contributed by atoms with E-state index in [4.69, 9.17) is 0 Å². The van der Waals surface area contributed by atoms with Crippen molar-refractivity contribution in [2.24, 2.45) is 11.8 Å². The second-order valence-corrected chi connectivity index (χ2v) is 10.2. The van der Waals surface area contributed by atoms with E-state index in [1.54, 1.807) is 0 Å². The van der Waals surface area contributed by atoms with Crippen LogP contribution in [0.3, 0.4) is 0 Å². The van der Waals surface area contributed by atoms with Crippen molar-refractivity contribution in [3.8, 4) is 11.1 Å². The van der Waals surface area contributed by atoms with Crippen LogP contribution in [0.15, 0.2) is 103 Å². The molecule has 0 spiro atoms. The third-order valence-corrected chi connectivity index (χ3v) is 8.70. The predicted octanol–water partition coefficient (Wildman–Crippen LogP) is 5.28. The normalized spacial score (nSPS) is 27.4. The van der Waals surface area contributed by atoms with E-state index in [1.165, 1.54) is 4.90 Å². The molecule has 1 heterocycles. The molecule has 8 rings (SSSR count). The van der Waals surface area contributed by atoms with E-state index in [0.717, 1.165) is 39.7 Å². The summed E-state index contributed by atoms with van der Waals surface area (Å²) < 4.78 is 0. The van der Waals surface area contributed by atoms with Crippen molar-refractivity contribution in [3.05, 3.63) is 125 Å². The molecule has 0 radical (unpaired) electrons. The third-order valence-electron chi connectivity index (χ3n) is 8.70. The number of carbonyl (C=O) groups is 3. The van der Waals surface area contributed by atoms with Crippen LogP contribution in [0.5, 0.6) is 0 Å². The molecule has 0 aromatic heterocycles. The Hall–Kier alpha value is -4.31. The number of nitrogens with zero attached hydrogens (tertiary/aromatic N) is 1. The smallest absolute Gasteiger partial charge is 0.239 e. The third kappa shape index (κ3) is 2.32. The summed E-state index contributed by atoms with van der Waals surface area (Å²) in [6.07, 6.45) is 0.911. The predicted molar refractivity (Wildman–Crippen MR) is 138 cm³/mol. The van der Waals surface area contributed by atoms with Crippen molar-refractivity contribution in [2.45, 2.75) is 17.8 Å². The molecule has 0 saturated carbocycles. The van der Waals surface area contributed by atoms with Crippen LogP contribution >= 0.6 is 0 Å². The van der Waals surface area contributed by atoms with Crippen LogP contribution in [-0.4, -0.2) is 18.1 Å². The van der Waals surface area contributed by atoms with Gasteiger partial charge in [-0.15, -0.1) is 0 Å². The van der Waals surface area contributed by atoms with Gasteiger partial charge >= 0.3 is 0 Å². The fourth-order valence-corrected chi connectivity index (χ4v) is 7.15. The molecular formula is C32H23NO3. The number of hydrogen-bond acceptors (Lipinski definition) is 3. The molecule has 36 heavy (non-hydrogen) atoms. The molecule has 2 amide bonds. The van der Waals surface area contributed by atoms with Crippen LogP contribution in [0.4, 0.5) is 5.69 Å². The average Bonchev–Trinajstić information content (AvgIpc) is 3.21. The molecule has 2 bridgehead atoms. The Labute approximate surface area is 209 Å². The molecule has 4 heteroatoms. The number of rotatable bonds is 3. The van der Waals surface area contributed by atoms with E-state index in [2.05, 4.69) is 6.92 Å². The van der Waals surface area contributed by atoms with Gasteiger partial charge in [0, 0.05) is 5.41 Å².